The number of hydrogen-bond donors (Lipinski definition) is 0. The minimum Gasteiger partial charge on any atom is -0.469 e. The van der Waals surface area contributed by atoms with Crippen molar-refractivity contribution < 1.29 is 19.1 Å². The summed E-state index contributed by atoms with van der Waals surface area (Å²) >= 11 is 0. The molecule has 0 aromatic carbocycles. The zero-order chi connectivity index (χ0) is 11.1. The molecule has 0 aromatic rings. The predicted molar refractivity (Wildman–Crippen MR) is 51.6 cm³/mol. The summed E-state index contributed by atoms with van der Waals surface area (Å²) < 4.78 is 9.12. The second-order valence-electron chi connectivity index (χ2n) is 3.55. The smallest absolute Gasteiger partial charge is 0.308 e. The Balaban J connectivity index is 3.87. The van der Waals surface area contributed by atoms with Crippen LogP contribution in [-0.4, -0.2) is 26.2 Å². The number of ether oxygens (including phenoxy) is 2. The molecule has 4 heteroatoms. The van der Waals surface area contributed by atoms with Gasteiger partial charge in [0, 0.05) is 6.42 Å². The van der Waals surface area contributed by atoms with Gasteiger partial charge in [-0.05, 0) is 12.3 Å². The maximum Gasteiger partial charge on any atom is 0.308 e. The van der Waals surface area contributed by atoms with Crippen LogP contribution in [0.25, 0.3) is 0 Å². The first-order valence-electron chi connectivity index (χ1n) is 4.65. The summed E-state index contributed by atoms with van der Waals surface area (Å²) in [5.74, 6) is -0.507. The van der Waals surface area contributed by atoms with Gasteiger partial charge in [-0.1, -0.05) is 13.8 Å². The van der Waals surface area contributed by atoms with Crippen molar-refractivity contribution in [3.8, 4) is 0 Å². The fraction of sp³-hybridized carbons (Fsp3) is 0.800. The molecule has 0 saturated heterocycles. The molecule has 0 heterocycles. The van der Waals surface area contributed by atoms with Crippen LogP contribution in [0.4, 0.5) is 0 Å². The molecular weight excluding hydrogens is 184 g/mol. The molecule has 0 aliphatic rings. The molecule has 0 N–H and O–H groups in total. The highest BCUT2D eigenvalue weighted by molar-refractivity contribution is 5.72. The van der Waals surface area contributed by atoms with E-state index in [4.69, 9.17) is 0 Å². The molecule has 0 saturated carbocycles. The zero-order valence-corrected chi connectivity index (χ0v) is 9.20. The van der Waals surface area contributed by atoms with E-state index in [9.17, 15) is 9.59 Å². The number of hydrogen-bond acceptors (Lipinski definition) is 4. The van der Waals surface area contributed by atoms with Crippen molar-refractivity contribution in [3.63, 3.8) is 0 Å². The van der Waals surface area contributed by atoms with Crippen molar-refractivity contribution >= 4 is 11.9 Å². The molecule has 0 aromatic heterocycles. The van der Waals surface area contributed by atoms with Gasteiger partial charge in [0.05, 0.1) is 20.1 Å². The predicted octanol–water partition coefficient (Wildman–Crippen LogP) is 1.38. The van der Waals surface area contributed by atoms with Crippen LogP contribution in [0.5, 0.6) is 0 Å². The van der Waals surface area contributed by atoms with Crippen LogP contribution in [0.2, 0.25) is 0 Å². The van der Waals surface area contributed by atoms with E-state index in [2.05, 4.69) is 9.47 Å². The first-order chi connectivity index (χ1) is 6.51. The fourth-order valence-corrected chi connectivity index (χ4v) is 1.35. The van der Waals surface area contributed by atoms with E-state index in [0.717, 1.165) is 0 Å². The molecule has 0 amide bonds. The Bertz CT molecular complexity index is 200. The Morgan fingerprint density at radius 2 is 1.71 bits per heavy atom. The largest absolute Gasteiger partial charge is 0.469 e. The average molecular weight is 202 g/mol. The van der Waals surface area contributed by atoms with Gasteiger partial charge >= 0.3 is 11.9 Å². The Kier molecular flexibility index (Phi) is 5.92. The van der Waals surface area contributed by atoms with Crippen LogP contribution in [0, 0.1) is 11.8 Å². The van der Waals surface area contributed by atoms with Crippen LogP contribution in [0.1, 0.15) is 26.7 Å². The lowest BCUT2D eigenvalue weighted by Gasteiger charge is -2.14. The lowest BCUT2D eigenvalue weighted by molar-refractivity contribution is -0.147. The summed E-state index contributed by atoms with van der Waals surface area (Å²) in [6, 6.07) is 0. The van der Waals surface area contributed by atoms with Gasteiger partial charge in [-0.3, -0.25) is 9.59 Å². The van der Waals surface area contributed by atoms with Crippen molar-refractivity contribution in [2.24, 2.45) is 11.8 Å². The molecule has 0 spiro atoms. The Labute approximate surface area is 84.6 Å². The summed E-state index contributed by atoms with van der Waals surface area (Å²) in [4.78, 5) is 22.0. The molecule has 0 bridgehead atoms. The molecule has 0 aliphatic carbocycles. The van der Waals surface area contributed by atoms with Gasteiger partial charge in [0.25, 0.3) is 0 Å². The maximum absolute atomic E-state index is 11.1. The van der Waals surface area contributed by atoms with E-state index in [1.165, 1.54) is 14.2 Å². The van der Waals surface area contributed by atoms with Crippen LogP contribution in [0.15, 0.2) is 0 Å². The summed E-state index contributed by atoms with van der Waals surface area (Å²) in [6.07, 6.45) is 0.986. The second kappa shape index (κ2) is 6.40. The summed E-state index contributed by atoms with van der Waals surface area (Å²) in [5, 5.41) is 0. The lowest BCUT2D eigenvalue weighted by atomic mass is 9.95. The first-order valence-corrected chi connectivity index (χ1v) is 4.65. The SMILES string of the molecule is COC(=O)CC(C)CC(C)C(=O)OC. The van der Waals surface area contributed by atoms with Crippen molar-refractivity contribution in [3.05, 3.63) is 0 Å². The minimum atomic E-state index is -0.241. The molecule has 0 rings (SSSR count). The topological polar surface area (TPSA) is 52.6 Å². The van der Waals surface area contributed by atoms with E-state index in [1.54, 1.807) is 6.92 Å². The third-order valence-electron chi connectivity index (χ3n) is 2.10. The van der Waals surface area contributed by atoms with Crippen molar-refractivity contribution in [1.82, 2.24) is 0 Å². The second-order valence-corrected chi connectivity index (χ2v) is 3.55. The number of carbonyl (C=O) groups is 2. The maximum atomic E-state index is 11.1. The molecule has 4 nitrogen and oxygen atoms in total. The van der Waals surface area contributed by atoms with E-state index < -0.39 is 0 Å². The van der Waals surface area contributed by atoms with Gasteiger partial charge in [0.2, 0.25) is 0 Å². The Morgan fingerprint density at radius 3 is 2.14 bits per heavy atom. The lowest BCUT2D eigenvalue weighted by Crippen LogP contribution is -2.17. The fourth-order valence-electron chi connectivity index (χ4n) is 1.35. The van der Waals surface area contributed by atoms with Crippen LogP contribution >= 0.6 is 0 Å². The Morgan fingerprint density at radius 1 is 1.14 bits per heavy atom. The van der Waals surface area contributed by atoms with Crippen molar-refractivity contribution in [1.29, 1.82) is 0 Å². The average Bonchev–Trinajstić information content (AvgIpc) is 2.15. The first kappa shape index (κ1) is 12.9. The number of esters is 2. The van der Waals surface area contributed by atoms with E-state index >= 15 is 0 Å². The summed E-state index contributed by atoms with van der Waals surface area (Å²) in [5.41, 5.74) is 0. The highest BCUT2D eigenvalue weighted by Gasteiger charge is 2.18. The molecule has 2 unspecified atom stereocenters. The highest BCUT2D eigenvalue weighted by Crippen LogP contribution is 2.16. The molecule has 82 valence electrons. The van der Waals surface area contributed by atoms with Gasteiger partial charge in [0.1, 0.15) is 0 Å². The quantitative estimate of drug-likeness (QED) is 0.632. The highest BCUT2D eigenvalue weighted by atomic mass is 16.5. The van der Waals surface area contributed by atoms with Gasteiger partial charge in [0.15, 0.2) is 0 Å². The molecule has 14 heavy (non-hydrogen) atoms. The third-order valence-corrected chi connectivity index (χ3v) is 2.10. The molecule has 0 fully saturated rings. The van der Waals surface area contributed by atoms with E-state index in [1.807, 2.05) is 6.92 Å². The molecule has 0 radical (unpaired) electrons. The number of rotatable bonds is 5. The summed E-state index contributed by atoms with van der Waals surface area (Å²) in [7, 11) is 2.72. The third kappa shape index (κ3) is 4.84. The van der Waals surface area contributed by atoms with Crippen LogP contribution in [0.3, 0.4) is 0 Å². The molecule has 2 atom stereocenters. The standard InChI is InChI=1S/C10H18O4/c1-7(6-9(11)13-3)5-8(2)10(12)14-4/h7-8H,5-6H2,1-4H3. The van der Waals surface area contributed by atoms with Gasteiger partial charge in [-0.2, -0.15) is 0 Å². The van der Waals surface area contributed by atoms with Gasteiger partial charge in [-0.25, -0.2) is 0 Å². The van der Waals surface area contributed by atoms with Crippen molar-refractivity contribution in [2.75, 3.05) is 14.2 Å². The van der Waals surface area contributed by atoms with Crippen LogP contribution < -0.4 is 0 Å². The van der Waals surface area contributed by atoms with E-state index in [-0.39, 0.29) is 23.8 Å². The summed E-state index contributed by atoms with van der Waals surface area (Å²) in [6.45, 7) is 3.70. The molecular formula is C10H18O4. The normalized spacial score (nSPS) is 14.3. The molecule has 0 aliphatic heterocycles. The number of methoxy groups -OCH3 is 2. The van der Waals surface area contributed by atoms with Crippen LogP contribution in [-0.2, 0) is 19.1 Å². The Hall–Kier alpha value is -1.06. The van der Waals surface area contributed by atoms with Gasteiger partial charge in [-0.15, -0.1) is 0 Å². The van der Waals surface area contributed by atoms with E-state index in [0.29, 0.717) is 12.8 Å². The zero-order valence-electron chi connectivity index (χ0n) is 9.20. The number of carbonyl (C=O) groups excluding carboxylic acids is 2. The minimum absolute atomic E-state index is 0.136. The van der Waals surface area contributed by atoms with Crippen molar-refractivity contribution in [2.45, 2.75) is 26.7 Å². The van der Waals surface area contributed by atoms with Gasteiger partial charge < -0.3 is 9.47 Å². The monoisotopic (exact) mass is 202 g/mol.